The highest BCUT2D eigenvalue weighted by molar-refractivity contribution is 5.99. The van der Waals surface area contributed by atoms with Crippen molar-refractivity contribution in [2.45, 2.75) is 19.5 Å². The van der Waals surface area contributed by atoms with Gasteiger partial charge in [-0.25, -0.2) is 14.4 Å². The normalized spacial score (nSPS) is 11.3. The molecule has 0 aliphatic carbocycles. The maximum Gasteiger partial charge on any atom is 0.255 e. The van der Waals surface area contributed by atoms with Crippen LogP contribution in [0.4, 0.5) is 16.0 Å². The zero-order valence-electron chi connectivity index (χ0n) is 18.9. The number of nitriles is 1. The molecular formula is C26H22FN7O. The molecule has 0 spiro atoms. The van der Waals surface area contributed by atoms with E-state index in [2.05, 4.69) is 25.6 Å². The van der Waals surface area contributed by atoms with E-state index in [9.17, 15) is 14.4 Å². The maximum atomic E-state index is 13.2. The third-order valence-corrected chi connectivity index (χ3v) is 5.36. The summed E-state index contributed by atoms with van der Waals surface area (Å²) in [6, 6.07) is 16.7. The molecule has 4 N–H and O–H groups in total. The number of carbonyl (C=O) groups excluding carboxylic acids is 1. The molecule has 8 nitrogen and oxygen atoms in total. The van der Waals surface area contributed by atoms with Crippen LogP contribution in [0.3, 0.4) is 0 Å². The number of carbonyl (C=O) groups is 1. The largest absolute Gasteiger partial charge is 0.382 e. The van der Waals surface area contributed by atoms with Crippen molar-refractivity contribution in [2.75, 3.05) is 11.1 Å². The lowest BCUT2D eigenvalue weighted by molar-refractivity contribution is 0.0940. The van der Waals surface area contributed by atoms with E-state index >= 15 is 0 Å². The van der Waals surface area contributed by atoms with E-state index in [1.165, 1.54) is 30.6 Å². The van der Waals surface area contributed by atoms with Crippen LogP contribution in [0.2, 0.25) is 0 Å². The van der Waals surface area contributed by atoms with Gasteiger partial charge in [-0.15, -0.1) is 0 Å². The standard InChI is InChI=1S/C26H22FN7O/c1-16(19-6-8-21(27)9-7-19)34-26(35)22-10-18(11-28)13-33-25(22)32-12-17-2-4-20(5-3-17)23-14-31-24(29)15-30-23/h2-10,13-16H,12H2,1H3,(H2,29,31)(H,32,33)(H,34,35). The van der Waals surface area contributed by atoms with E-state index in [4.69, 9.17) is 5.73 Å². The predicted octanol–water partition coefficient (Wildman–Crippen LogP) is 4.23. The number of nitrogens with two attached hydrogens (primary N) is 1. The number of nitrogens with zero attached hydrogens (tertiary/aromatic N) is 4. The Morgan fingerprint density at radius 3 is 2.46 bits per heavy atom. The number of halogens is 1. The number of anilines is 2. The zero-order chi connectivity index (χ0) is 24.8. The van der Waals surface area contributed by atoms with Crippen LogP contribution in [0.25, 0.3) is 11.3 Å². The summed E-state index contributed by atoms with van der Waals surface area (Å²) in [6.45, 7) is 2.20. The lowest BCUT2D eigenvalue weighted by Crippen LogP contribution is -2.28. The van der Waals surface area contributed by atoms with Crippen LogP contribution in [0, 0.1) is 17.1 Å². The molecule has 1 amide bonds. The highest BCUT2D eigenvalue weighted by Gasteiger charge is 2.17. The van der Waals surface area contributed by atoms with E-state index in [1.807, 2.05) is 30.3 Å². The van der Waals surface area contributed by atoms with Gasteiger partial charge in [0.15, 0.2) is 0 Å². The van der Waals surface area contributed by atoms with Gasteiger partial charge in [0, 0.05) is 18.3 Å². The molecule has 4 rings (SSSR count). The summed E-state index contributed by atoms with van der Waals surface area (Å²) in [5, 5.41) is 15.3. The van der Waals surface area contributed by atoms with Crippen LogP contribution in [-0.2, 0) is 6.54 Å². The van der Waals surface area contributed by atoms with Crippen molar-refractivity contribution >= 4 is 17.5 Å². The second-order valence-corrected chi connectivity index (χ2v) is 7.86. The van der Waals surface area contributed by atoms with Crippen LogP contribution in [0.5, 0.6) is 0 Å². The van der Waals surface area contributed by atoms with Gasteiger partial charge < -0.3 is 16.4 Å². The second-order valence-electron chi connectivity index (χ2n) is 7.86. The van der Waals surface area contributed by atoms with Gasteiger partial charge in [-0.05, 0) is 36.2 Å². The first-order chi connectivity index (χ1) is 16.9. The first kappa shape index (κ1) is 23.3. The fraction of sp³-hybridized carbons (Fsp3) is 0.115. The highest BCUT2D eigenvalue weighted by Crippen LogP contribution is 2.20. The summed E-state index contributed by atoms with van der Waals surface area (Å²) in [5.41, 5.74) is 9.41. The lowest BCUT2D eigenvalue weighted by atomic mass is 10.1. The first-order valence-corrected chi connectivity index (χ1v) is 10.8. The number of aromatic nitrogens is 3. The average molecular weight is 468 g/mol. The van der Waals surface area contributed by atoms with Crippen molar-refractivity contribution in [1.82, 2.24) is 20.3 Å². The second kappa shape index (κ2) is 10.4. The van der Waals surface area contributed by atoms with Gasteiger partial charge in [-0.3, -0.25) is 9.78 Å². The number of rotatable bonds is 7. The van der Waals surface area contributed by atoms with E-state index in [1.54, 1.807) is 25.3 Å². The monoisotopic (exact) mass is 467 g/mol. The predicted molar refractivity (Wildman–Crippen MR) is 130 cm³/mol. The summed E-state index contributed by atoms with van der Waals surface area (Å²) in [5.74, 6) is -0.0389. The summed E-state index contributed by atoms with van der Waals surface area (Å²) in [4.78, 5) is 25.6. The van der Waals surface area contributed by atoms with Gasteiger partial charge in [0.25, 0.3) is 5.91 Å². The minimum absolute atomic E-state index is 0.242. The molecule has 9 heteroatoms. The molecule has 0 bridgehead atoms. The quantitative estimate of drug-likeness (QED) is 0.371. The molecule has 0 aliphatic heterocycles. The summed E-state index contributed by atoms with van der Waals surface area (Å²) in [7, 11) is 0. The molecule has 2 aromatic carbocycles. The van der Waals surface area contributed by atoms with Crippen molar-refractivity contribution in [3.8, 4) is 17.3 Å². The molecule has 1 atom stereocenters. The third-order valence-electron chi connectivity index (χ3n) is 5.36. The number of hydrogen-bond acceptors (Lipinski definition) is 7. The summed E-state index contributed by atoms with van der Waals surface area (Å²) < 4.78 is 13.2. The Labute approximate surface area is 201 Å². The van der Waals surface area contributed by atoms with Gasteiger partial charge in [-0.1, -0.05) is 36.4 Å². The molecule has 0 radical (unpaired) electrons. The van der Waals surface area contributed by atoms with Crippen molar-refractivity contribution in [3.63, 3.8) is 0 Å². The van der Waals surface area contributed by atoms with Crippen molar-refractivity contribution in [1.29, 1.82) is 5.26 Å². The van der Waals surface area contributed by atoms with Crippen LogP contribution in [-0.4, -0.2) is 20.9 Å². The van der Waals surface area contributed by atoms with Crippen LogP contribution in [0.1, 0.15) is 40.0 Å². The Balaban J connectivity index is 1.48. The molecular weight excluding hydrogens is 445 g/mol. The van der Waals surface area contributed by atoms with Gasteiger partial charge in [0.1, 0.15) is 23.5 Å². The molecule has 0 aliphatic rings. The van der Waals surface area contributed by atoms with Gasteiger partial charge in [0.05, 0.1) is 35.3 Å². The Bertz CT molecular complexity index is 1370. The van der Waals surface area contributed by atoms with E-state index < -0.39 is 5.91 Å². The fourth-order valence-electron chi connectivity index (χ4n) is 3.42. The summed E-state index contributed by atoms with van der Waals surface area (Å²) in [6.07, 6.45) is 4.53. The number of pyridine rings is 1. The van der Waals surface area contributed by atoms with E-state index in [0.29, 0.717) is 23.9 Å². The summed E-state index contributed by atoms with van der Waals surface area (Å²) >= 11 is 0. The number of nitrogen functional groups attached to an aromatic ring is 1. The minimum atomic E-state index is -0.397. The van der Waals surface area contributed by atoms with Crippen molar-refractivity contribution in [3.05, 3.63) is 101 Å². The molecule has 0 fully saturated rings. The average Bonchev–Trinajstić information content (AvgIpc) is 2.88. The Kier molecular flexibility index (Phi) is 6.93. The SMILES string of the molecule is CC(NC(=O)c1cc(C#N)cnc1NCc1ccc(-c2cnc(N)cn2)cc1)c1ccc(F)cc1. The smallest absolute Gasteiger partial charge is 0.255 e. The molecule has 0 saturated carbocycles. The molecule has 174 valence electrons. The minimum Gasteiger partial charge on any atom is -0.382 e. The maximum absolute atomic E-state index is 13.2. The third kappa shape index (κ3) is 5.75. The van der Waals surface area contributed by atoms with Gasteiger partial charge in [0.2, 0.25) is 0 Å². The highest BCUT2D eigenvalue weighted by atomic mass is 19.1. The Morgan fingerprint density at radius 1 is 1.06 bits per heavy atom. The number of hydrogen-bond donors (Lipinski definition) is 3. The number of nitrogens with one attached hydrogen (secondary N) is 2. The van der Waals surface area contributed by atoms with E-state index in [-0.39, 0.29) is 23.0 Å². The number of amides is 1. The van der Waals surface area contributed by atoms with Gasteiger partial charge >= 0.3 is 0 Å². The first-order valence-electron chi connectivity index (χ1n) is 10.8. The van der Waals surface area contributed by atoms with Crippen LogP contribution in [0.15, 0.2) is 73.2 Å². The molecule has 1 unspecified atom stereocenters. The Morgan fingerprint density at radius 2 is 1.80 bits per heavy atom. The van der Waals surface area contributed by atoms with Crippen molar-refractivity contribution in [2.24, 2.45) is 0 Å². The zero-order valence-corrected chi connectivity index (χ0v) is 18.9. The molecule has 4 aromatic rings. The van der Waals surface area contributed by atoms with Crippen molar-refractivity contribution < 1.29 is 9.18 Å². The number of benzene rings is 2. The lowest BCUT2D eigenvalue weighted by Gasteiger charge is -2.16. The van der Waals surface area contributed by atoms with E-state index in [0.717, 1.165) is 16.7 Å². The van der Waals surface area contributed by atoms with Gasteiger partial charge in [-0.2, -0.15) is 5.26 Å². The van der Waals surface area contributed by atoms with Crippen LogP contribution < -0.4 is 16.4 Å². The molecule has 2 aromatic heterocycles. The molecule has 35 heavy (non-hydrogen) atoms. The topological polar surface area (TPSA) is 130 Å². The Hall–Kier alpha value is -4.84. The van der Waals surface area contributed by atoms with Crippen LogP contribution >= 0.6 is 0 Å². The molecule has 2 heterocycles. The fourth-order valence-corrected chi connectivity index (χ4v) is 3.42. The molecule has 0 saturated heterocycles.